The molecule has 104 valence electrons. The van der Waals surface area contributed by atoms with Crippen molar-refractivity contribution in [2.24, 2.45) is 0 Å². The van der Waals surface area contributed by atoms with E-state index in [4.69, 9.17) is 11.6 Å². The number of aryl methyl sites for hydroxylation is 1. The number of hydrogen-bond donors (Lipinski definition) is 1. The van der Waals surface area contributed by atoms with E-state index in [9.17, 15) is 8.42 Å². The monoisotopic (exact) mass is 307 g/mol. The molecule has 1 unspecified atom stereocenters. The molecule has 5 heteroatoms. The van der Waals surface area contributed by atoms with Crippen molar-refractivity contribution in [2.75, 3.05) is 11.1 Å². The highest BCUT2D eigenvalue weighted by Crippen LogP contribution is 2.36. The van der Waals surface area contributed by atoms with Crippen LogP contribution in [0.2, 0.25) is 5.02 Å². The number of sulfone groups is 1. The van der Waals surface area contributed by atoms with Crippen LogP contribution in [-0.2, 0) is 9.84 Å². The SMILES string of the molecule is Cc1cc(Cl)ccc1NC1CS(=O)(=O)c2ccccc21. The summed E-state index contributed by atoms with van der Waals surface area (Å²) in [5, 5.41) is 3.98. The van der Waals surface area contributed by atoms with Crippen LogP contribution in [0.3, 0.4) is 0 Å². The van der Waals surface area contributed by atoms with E-state index in [-0.39, 0.29) is 11.8 Å². The minimum Gasteiger partial charge on any atom is -0.377 e. The summed E-state index contributed by atoms with van der Waals surface area (Å²) in [6.07, 6.45) is 0. The van der Waals surface area contributed by atoms with Gasteiger partial charge in [-0.2, -0.15) is 0 Å². The Bertz CT molecular complexity index is 771. The van der Waals surface area contributed by atoms with Gasteiger partial charge in [-0.3, -0.25) is 0 Å². The lowest BCUT2D eigenvalue weighted by atomic mass is 10.1. The Morgan fingerprint density at radius 1 is 1.20 bits per heavy atom. The number of hydrogen-bond acceptors (Lipinski definition) is 3. The molecule has 0 aliphatic carbocycles. The van der Waals surface area contributed by atoms with Crippen LogP contribution in [0.4, 0.5) is 5.69 Å². The number of benzene rings is 2. The fraction of sp³-hybridized carbons (Fsp3) is 0.200. The summed E-state index contributed by atoms with van der Waals surface area (Å²) >= 11 is 5.94. The molecule has 1 N–H and O–H groups in total. The minimum absolute atomic E-state index is 0.0917. The Kier molecular flexibility index (Phi) is 3.22. The maximum absolute atomic E-state index is 12.1. The molecular formula is C15H14ClNO2S. The van der Waals surface area contributed by atoms with Gasteiger partial charge in [0.25, 0.3) is 0 Å². The van der Waals surface area contributed by atoms with Crippen LogP contribution in [0.1, 0.15) is 17.2 Å². The first kappa shape index (κ1) is 13.5. The average Bonchev–Trinajstić information content (AvgIpc) is 2.65. The van der Waals surface area contributed by atoms with E-state index in [2.05, 4.69) is 5.32 Å². The zero-order valence-electron chi connectivity index (χ0n) is 10.9. The molecule has 0 spiro atoms. The van der Waals surface area contributed by atoms with E-state index in [0.717, 1.165) is 16.8 Å². The first-order chi connectivity index (χ1) is 9.47. The third kappa shape index (κ3) is 2.30. The molecule has 0 saturated heterocycles. The molecule has 1 aliphatic heterocycles. The van der Waals surface area contributed by atoms with E-state index < -0.39 is 9.84 Å². The van der Waals surface area contributed by atoms with Crippen molar-refractivity contribution in [3.05, 3.63) is 58.6 Å². The van der Waals surface area contributed by atoms with Crippen molar-refractivity contribution >= 4 is 27.1 Å². The molecular weight excluding hydrogens is 294 g/mol. The highest BCUT2D eigenvalue weighted by molar-refractivity contribution is 7.91. The van der Waals surface area contributed by atoms with Crippen molar-refractivity contribution in [1.82, 2.24) is 0 Å². The van der Waals surface area contributed by atoms with Crippen molar-refractivity contribution in [1.29, 1.82) is 0 Å². The molecule has 1 atom stereocenters. The number of anilines is 1. The molecule has 0 bridgehead atoms. The molecule has 2 aromatic carbocycles. The Morgan fingerprint density at radius 3 is 2.70 bits per heavy atom. The first-order valence-corrected chi connectivity index (χ1v) is 8.35. The van der Waals surface area contributed by atoms with Gasteiger partial charge in [0, 0.05) is 10.7 Å². The van der Waals surface area contributed by atoms with Crippen LogP contribution >= 0.6 is 11.6 Å². The van der Waals surface area contributed by atoms with Gasteiger partial charge < -0.3 is 5.32 Å². The lowest BCUT2D eigenvalue weighted by Gasteiger charge is -2.16. The quantitative estimate of drug-likeness (QED) is 0.922. The van der Waals surface area contributed by atoms with Crippen LogP contribution < -0.4 is 5.32 Å². The van der Waals surface area contributed by atoms with E-state index in [1.54, 1.807) is 18.2 Å². The fourth-order valence-corrected chi connectivity index (χ4v) is 4.51. The van der Waals surface area contributed by atoms with Crippen LogP contribution in [0.15, 0.2) is 47.4 Å². The zero-order valence-corrected chi connectivity index (χ0v) is 12.5. The smallest absolute Gasteiger partial charge is 0.181 e. The normalized spacial score (nSPS) is 19.6. The maximum atomic E-state index is 12.1. The topological polar surface area (TPSA) is 46.2 Å². The standard InChI is InChI=1S/C15H14ClNO2S/c1-10-8-11(16)6-7-13(10)17-14-9-20(18,19)15-5-3-2-4-12(14)15/h2-8,14,17H,9H2,1H3. The minimum atomic E-state index is -3.18. The van der Waals surface area contributed by atoms with Crippen molar-refractivity contribution in [2.45, 2.75) is 17.9 Å². The van der Waals surface area contributed by atoms with Crippen molar-refractivity contribution in [3.63, 3.8) is 0 Å². The van der Waals surface area contributed by atoms with E-state index in [1.165, 1.54) is 0 Å². The molecule has 0 aromatic heterocycles. The molecule has 20 heavy (non-hydrogen) atoms. The second-order valence-electron chi connectivity index (χ2n) is 4.98. The molecule has 2 aromatic rings. The summed E-state index contributed by atoms with van der Waals surface area (Å²) in [5.74, 6) is 0.0917. The van der Waals surface area contributed by atoms with Gasteiger partial charge in [0.05, 0.1) is 16.7 Å². The van der Waals surface area contributed by atoms with Crippen molar-refractivity contribution in [3.8, 4) is 0 Å². The summed E-state index contributed by atoms with van der Waals surface area (Å²) in [6, 6.07) is 12.5. The Morgan fingerprint density at radius 2 is 1.95 bits per heavy atom. The summed E-state index contributed by atoms with van der Waals surface area (Å²) in [6.45, 7) is 1.95. The highest BCUT2D eigenvalue weighted by Gasteiger charge is 2.34. The number of rotatable bonds is 2. The van der Waals surface area contributed by atoms with Gasteiger partial charge in [0.15, 0.2) is 9.84 Å². The molecule has 0 fully saturated rings. The van der Waals surface area contributed by atoms with Gasteiger partial charge in [-0.15, -0.1) is 0 Å². The number of nitrogens with one attached hydrogen (secondary N) is 1. The molecule has 0 amide bonds. The molecule has 1 aliphatic rings. The van der Waals surface area contributed by atoms with Crippen LogP contribution in [-0.4, -0.2) is 14.2 Å². The molecule has 1 heterocycles. The highest BCUT2D eigenvalue weighted by atomic mass is 35.5. The van der Waals surface area contributed by atoms with Crippen LogP contribution in [0.25, 0.3) is 0 Å². The fourth-order valence-electron chi connectivity index (χ4n) is 2.55. The molecule has 0 radical (unpaired) electrons. The Hall–Kier alpha value is -1.52. The van der Waals surface area contributed by atoms with Crippen LogP contribution in [0.5, 0.6) is 0 Å². The predicted octanol–water partition coefficient (Wildman–Crippen LogP) is 3.59. The third-order valence-electron chi connectivity index (χ3n) is 3.53. The van der Waals surface area contributed by atoms with Gasteiger partial charge in [0.2, 0.25) is 0 Å². The summed E-state index contributed by atoms with van der Waals surface area (Å²) in [5.41, 5.74) is 2.74. The van der Waals surface area contributed by atoms with E-state index in [1.807, 2.05) is 31.2 Å². The second-order valence-corrected chi connectivity index (χ2v) is 7.41. The van der Waals surface area contributed by atoms with Crippen LogP contribution in [0, 0.1) is 6.92 Å². The van der Waals surface area contributed by atoms with Gasteiger partial charge in [0.1, 0.15) is 0 Å². The Balaban J connectivity index is 1.97. The summed E-state index contributed by atoms with van der Waals surface area (Å²) in [7, 11) is -3.18. The number of fused-ring (bicyclic) bond motifs is 1. The van der Waals surface area contributed by atoms with E-state index in [0.29, 0.717) is 9.92 Å². The zero-order chi connectivity index (χ0) is 14.3. The van der Waals surface area contributed by atoms with Gasteiger partial charge in [-0.1, -0.05) is 29.8 Å². The van der Waals surface area contributed by atoms with E-state index >= 15 is 0 Å². The summed E-state index contributed by atoms with van der Waals surface area (Å²) < 4.78 is 24.3. The lowest BCUT2D eigenvalue weighted by molar-refractivity contribution is 0.598. The van der Waals surface area contributed by atoms with Crippen molar-refractivity contribution < 1.29 is 8.42 Å². The average molecular weight is 308 g/mol. The van der Waals surface area contributed by atoms with Gasteiger partial charge >= 0.3 is 0 Å². The molecule has 3 nitrogen and oxygen atoms in total. The Labute approximate surface area is 123 Å². The third-order valence-corrected chi connectivity index (χ3v) is 5.58. The lowest BCUT2D eigenvalue weighted by Crippen LogP contribution is -2.13. The van der Waals surface area contributed by atoms with Gasteiger partial charge in [-0.25, -0.2) is 8.42 Å². The molecule has 3 rings (SSSR count). The predicted molar refractivity (Wildman–Crippen MR) is 81.0 cm³/mol. The summed E-state index contributed by atoms with van der Waals surface area (Å²) in [4.78, 5) is 0.434. The first-order valence-electron chi connectivity index (χ1n) is 6.32. The number of halogens is 1. The largest absolute Gasteiger partial charge is 0.377 e. The second kappa shape index (κ2) is 4.79. The van der Waals surface area contributed by atoms with Gasteiger partial charge in [-0.05, 0) is 42.3 Å². The maximum Gasteiger partial charge on any atom is 0.181 e. The molecule has 0 saturated carbocycles.